The highest BCUT2D eigenvalue weighted by Crippen LogP contribution is 2.39. The van der Waals surface area contributed by atoms with E-state index in [-0.39, 0.29) is 5.91 Å². The van der Waals surface area contributed by atoms with Crippen LogP contribution in [0.1, 0.15) is 22.1 Å². The lowest BCUT2D eigenvalue weighted by Crippen LogP contribution is -2.43. The van der Waals surface area contributed by atoms with Crippen molar-refractivity contribution in [3.8, 4) is 5.75 Å². The van der Waals surface area contributed by atoms with Crippen LogP contribution in [-0.2, 0) is 0 Å². The fraction of sp³-hybridized carbons (Fsp3) is 0.0833. The van der Waals surface area contributed by atoms with Crippen molar-refractivity contribution in [3.05, 3.63) is 95.1 Å². The number of amides is 1. The molecule has 0 spiro atoms. The quantitative estimate of drug-likeness (QED) is 0.438. The number of methoxy groups -OCH3 is 1. The van der Waals surface area contributed by atoms with Gasteiger partial charge in [-0.3, -0.25) is 9.69 Å². The van der Waals surface area contributed by atoms with Crippen LogP contribution in [0.4, 0.5) is 11.4 Å². The molecule has 0 aliphatic carbocycles. The predicted molar refractivity (Wildman–Crippen MR) is 119 cm³/mol. The van der Waals surface area contributed by atoms with Crippen LogP contribution in [0, 0.1) is 0 Å². The second-order valence-electron chi connectivity index (χ2n) is 7.03. The Bertz CT molecular complexity index is 1260. The van der Waals surface area contributed by atoms with Crippen molar-refractivity contribution in [2.24, 2.45) is 0 Å². The number of pyridine rings is 1. The van der Waals surface area contributed by atoms with E-state index in [1.807, 2.05) is 78.9 Å². The van der Waals surface area contributed by atoms with Gasteiger partial charge >= 0.3 is 0 Å². The minimum absolute atomic E-state index is 0.0950. The molecule has 1 aromatic heterocycles. The molecule has 5 rings (SSSR count). The molecule has 0 fully saturated rings. The van der Waals surface area contributed by atoms with Gasteiger partial charge in [0.05, 0.1) is 18.2 Å². The number of benzene rings is 3. The summed E-state index contributed by atoms with van der Waals surface area (Å²) in [7, 11) is 1.63. The number of halogens is 1. The predicted octanol–water partition coefficient (Wildman–Crippen LogP) is 5.67. The summed E-state index contributed by atoms with van der Waals surface area (Å²) in [6.07, 6.45) is -0.509. The third kappa shape index (κ3) is 3.04. The van der Waals surface area contributed by atoms with Crippen molar-refractivity contribution < 1.29 is 9.53 Å². The minimum Gasteiger partial charge on any atom is -0.497 e. The lowest BCUT2D eigenvalue weighted by molar-refractivity contribution is 0.0975. The van der Waals surface area contributed by atoms with Crippen molar-refractivity contribution in [1.29, 1.82) is 0 Å². The molecule has 0 radical (unpaired) electrons. The van der Waals surface area contributed by atoms with Crippen LogP contribution in [0.2, 0.25) is 5.15 Å². The number of nitrogens with one attached hydrogen (secondary N) is 1. The van der Waals surface area contributed by atoms with E-state index in [0.717, 1.165) is 28.0 Å². The number of carbonyl (C=O) groups excluding carboxylic acids is 1. The van der Waals surface area contributed by atoms with Crippen LogP contribution in [0.3, 0.4) is 0 Å². The molecule has 0 bridgehead atoms. The maximum Gasteiger partial charge on any atom is 0.262 e. The van der Waals surface area contributed by atoms with Gasteiger partial charge in [0.2, 0.25) is 0 Å². The summed E-state index contributed by atoms with van der Waals surface area (Å²) >= 11 is 6.62. The summed E-state index contributed by atoms with van der Waals surface area (Å²) in [5.74, 6) is 0.637. The number of fused-ring (bicyclic) bond motifs is 2. The highest BCUT2D eigenvalue weighted by Gasteiger charge is 2.35. The summed E-state index contributed by atoms with van der Waals surface area (Å²) in [5, 5.41) is 4.71. The van der Waals surface area contributed by atoms with E-state index in [1.54, 1.807) is 12.0 Å². The zero-order valence-corrected chi connectivity index (χ0v) is 16.9. The molecule has 1 amide bonds. The average Bonchev–Trinajstić information content (AvgIpc) is 2.79. The van der Waals surface area contributed by atoms with E-state index < -0.39 is 6.17 Å². The second-order valence-corrected chi connectivity index (χ2v) is 7.39. The Kier molecular flexibility index (Phi) is 4.52. The zero-order valence-electron chi connectivity index (χ0n) is 16.2. The topological polar surface area (TPSA) is 54.5 Å². The van der Waals surface area contributed by atoms with Crippen molar-refractivity contribution in [1.82, 2.24) is 4.98 Å². The third-order valence-corrected chi connectivity index (χ3v) is 5.56. The Morgan fingerprint density at radius 3 is 2.57 bits per heavy atom. The highest BCUT2D eigenvalue weighted by atomic mass is 35.5. The number of nitrogens with zero attached hydrogens (tertiary/aromatic N) is 2. The summed E-state index contributed by atoms with van der Waals surface area (Å²) in [4.78, 5) is 19.8. The van der Waals surface area contributed by atoms with Crippen LogP contribution in [0.25, 0.3) is 10.9 Å². The standard InChI is InChI=1S/C24H18ClN3O2/c1-30-17-11-12-20-15(13-17)14-19(22(25)26-20)23-27-21-10-6-5-9-18(21)24(29)28(23)16-7-3-2-4-8-16/h2-14,23,27H,1H3/t23-/m0/s1. The van der Waals surface area contributed by atoms with Crippen LogP contribution in [-0.4, -0.2) is 18.0 Å². The molecule has 6 heteroatoms. The molecule has 3 aromatic carbocycles. The number of hydrogen-bond acceptors (Lipinski definition) is 4. The first-order chi connectivity index (χ1) is 14.7. The average molecular weight is 416 g/mol. The molecule has 5 nitrogen and oxygen atoms in total. The van der Waals surface area contributed by atoms with Gasteiger partial charge in [-0.05, 0) is 48.5 Å². The highest BCUT2D eigenvalue weighted by molar-refractivity contribution is 6.31. The maximum atomic E-state index is 13.5. The third-order valence-electron chi connectivity index (χ3n) is 5.26. The normalized spacial score (nSPS) is 15.6. The number of ether oxygens (including phenoxy) is 1. The van der Waals surface area contributed by atoms with Gasteiger partial charge < -0.3 is 10.1 Å². The molecule has 1 aliphatic rings. The number of carbonyl (C=O) groups is 1. The Morgan fingerprint density at radius 2 is 1.77 bits per heavy atom. The van der Waals surface area contributed by atoms with Gasteiger partial charge in [-0.15, -0.1) is 0 Å². The Morgan fingerprint density at radius 1 is 1.00 bits per heavy atom. The lowest BCUT2D eigenvalue weighted by atomic mass is 10.0. The first-order valence-electron chi connectivity index (χ1n) is 9.54. The van der Waals surface area contributed by atoms with Gasteiger partial charge in [0.15, 0.2) is 0 Å². The molecule has 4 aromatic rings. The number of para-hydroxylation sites is 2. The van der Waals surface area contributed by atoms with Gasteiger partial charge in [0, 0.05) is 22.3 Å². The van der Waals surface area contributed by atoms with Crippen LogP contribution in [0.5, 0.6) is 5.75 Å². The SMILES string of the molecule is COc1ccc2nc(Cl)c([C@H]3Nc4ccccc4C(=O)N3c3ccccc3)cc2c1. The fourth-order valence-corrected chi connectivity index (χ4v) is 4.04. The van der Waals surface area contributed by atoms with Gasteiger partial charge in [-0.25, -0.2) is 4.98 Å². The molecule has 1 N–H and O–H groups in total. The van der Waals surface area contributed by atoms with Crippen molar-refractivity contribution >= 4 is 39.8 Å². The number of anilines is 2. The van der Waals surface area contributed by atoms with Crippen molar-refractivity contribution in [2.45, 2.75) is 6.17 Å². The van der Waals surface area contributed by atoms with E-state index >= 15 is 0 Å². The molecule has 0 saturated carbocycles. The Labute approximate surface area is 178 Å². The summed E-state index contributed by atoms with van der Waals surface area (Å²) in [5.41, 5.74) is 3.63. The molecule has 0 saturated heterocycles. The van der Waals surface area contributed by atoms with Crippen molar-refractivity contribution in [3.63, 3.8) is 0 Å². The van der Waals surface area contributed by atoms with Gasteiger partial charge in [-0.1, -0.05) is 41.9 Å². The second kappa shape index (κ2) is 7.35. The van der Waals surface area contributed by atoms with E-state index in [9.17, 15) is 4.79 Å². The molecule has 2 heterocycles. The molecular formula is C24H18ClN3O2. The van der Waals surface area contributed by atoms with Gasteiger partial charge in [0.1, 0.15) is 17.1 Å². The van der Waals surface area contributed by atoms with Crippen molar-refractivity contribution in [2.75, 3.05) is 17.3 Å². The lowest BCUT2D eigenvalue weighted by Gasteiger charge is -2.38. The fourth-order valence-electron chi connectivity index (χ4n) is 3.79. The first kappa shape index (κ1) is 18.5. The first-order valence-corrected chi connectivity index (χ1v) is 9.92. The van der Waals surface area contributed by atoms with E-state index in [4.69, 9.17) is 16.3 Å². The van der Waals surface area contributed by atoms with E-state index in [2.05, 4.69) is 10.3 Å². The number of aromatic nitrogens is 1. The summed E-state index contributed by atoms with van der Waals surface area (Å²) in [6, 6.07) is 24.6. The maximum absolute atomic E-state index is 13.5. The molecular weight excluding hydrogens is 398 g/mol. The van der Waals surface area contributed by atoms with E-state index in [1.165, 1.54) is 0 Å². The summed E-state index contributed by atoms with van der Waals surface area (Å²) < 4.78 is 5.35. The number of rotatable bonds is 3. The molecule has 30 heavy (non-hydrogen) atoms. The molecule has 1 atom stereocenters. The molecule has 1 aliphatic heterocycles. The molecule has 0 unspecified atom stereocenters. The van der Waals surface area contributed by atoms with Crippen LogP contribution >= 0.6 is 11.6 Å². The van der Waals surface area contributed by atoms with Crippen LogP contribution < -0.4 is 15.0 Å². The largest absolute Gasteiger partial charge is 0.497 e. The molecule has 148 valence electrons. The Hall–Kier alpha value is -3.57. The zero-order chi connectivity index (χ0) is 20.7. The minimum atomic E-state index is -0.509. The number of hydrogen-bond donors (Lipinski definition) is 1. The van der Waals surface area contributed by atoms with Gasteiger partial charge in [0.25, 0.3) is 5.91 Å². The Balaban J connectivity index is 1.71. The summed E-state index contributed by atoms with van der Waals surface area (Å²) in [6.45, 7) is 0. The van der Waals surface area contributed by atoms with Gasteiger partial charge in [-0.2, -0.15) is 0 Å². The van der Waals surface area contributed by atoms with E-state index in [0.29, 0.717) is 16.3 Å². The smallest absolute Gasteiger partial charge is 0.262 e. The monoisotopic (exact) mass is 415 g/mol. The van der Waals surface area contributed by atoms with Crippen LogP contribution in [0.15, 0.2) is 78.9 Å².